The van der Waals surface area contributed by atoms with E-state index in [1.165, 1.54) is 11.3 Å². The molecule has 0 aromatic carbocycles. The molecule has 1 heterocycles. The van der Waals surface area contributed by atoms with Crippen molar-refractivity contribution in [1.82, 2.24) is 0 Å². The molecule has 0 saturated heterocycles. The second-order valence-corrected chi connectivity index (χ2v) is 7.59. The number of carbonyl (C=O) groups is 2. The van der Waals surface area contributed by atoms with E-state index >= 15 is 0 Å². The first-order chi connectivity index (χ1) is 10.6. The van der Waals surface area contributed by atoms with E-state index in [1.807, 2.05) is 13.8 Å². The zero-order valence-electron chi connectivity index (χ0n) is 13.2. The highest BCUT2D eigenvalue weighted by atomic mass is 32.1. The molecule has 0 unspecified atom stereocenters. The third kappa shape index (κ3) is 3.35. The Hall–Kier alpha value is -1.36. The highest BCUT2D eigenvalue weighted by molar-refractivity contribution is 7.17. The molecule has 0 spiro atoms. The summed E-state index contributed by atoms with van der Waals surface area (Å²) in [6.07, 6.45) is 7.13. The number of ether oxygens (including phenoxy) is 1. The summed E-state index contributed by atoms with van der Waals surface area (Å²) in [5, 5.41) is 3.69. The topological polar surface area (TPSA) is 55.4 Å². The summed E-state index contributed by atoms with van der Waals surface area (Å²) in [5.41, 5.74) is 1.73. The highest BCUT2D eigenvalue weighted by Gasteiger charge is 2.33. The molecule has 1 aromatic rings. The predicted octanol–water partition coefficient (Wildman–Crippen LogP) is 3.93. The predicted molar refractivity (Wildman–Crippen MR) is 87.5 cm³/mol. The van der Waals surface area contributed by atoms with Gasteiger partial charge < -0.3 is 10.1 Å². The van der Waals surface area contributed by atoms with E-state index in [-0.39, 0.29) is 23.9 Å². The van der Waals surface area contributed by atoms with Gasteiger partial charge in [-0.1, -0.05) is 6.42 Å². The molecule has 120 valence electrons. The number of hydrogen-bond donors (Lipinski definition) is 1. The standard InChI is InChI=1S/C17H23NO3S/c1-10(2)21-17(20)14-12-6-4-3-5-7-13(12)22-16(14)18-15(19)11-8-9-11/h10-11H,3-9H2,1-2H3,(H,18,19). The van der Waals surface area contributed by atoms with Crippen LogP contribution in [0.1, 0.15) is 66.8 Å². The molecule has 1 saturated carbocycles. The van der Waals surface area contributed by atoms with Crippen LogP contribution in [0, 0.1) is 5.92 Å². The van der Waals surface area contributed by atoms with Crippen LogP contribution in [0.25, 0.3) is 0 Å². The number of rotatable bonds is 4. The largest absolute Gasteiger partial charge is 0.459 e. The first-order valence-corrected chi connectivity index (χ1v) is 9.04. The summed E-state index contributed by atoms with van der Waals surface area (Å²) >= 11 is 1.57. The smallest absolute Gasteiger partial charge is 0.341 e. The van der Waals surface area contributed by atoms with Crippen molar-refractivity contribution in [2.75, 3.05) is 5.32 Å². The van der Waals surface area contributed by atoms with Gasteiger partial charge in [-0.2, -0.15) is 0 Å². The second kappa shape index (κ2) is 6.41. The molecule has 0 aliphatic heterocycles. The van der Waals surface area contributed by atoms with E-state index in [9.17, 15) is 9.59 Å². The van der Waals surface area contributed by atoms with Gasteiger partial charge in [0.25, 0.3) is 0 Å². The van der Waals surface area contributed by atoms with Gasteiger partial charge in [0.05, 0.1) is 11.7 Å². The summed E-state index contributed by atoms with van der Waals surface area (Å²) in [5.74, 6) is -0.105. The van der Waals surface area contributed by atoms with Crippen molar-refractivity contribution in [3.05, 3.63) is 16.0 Å². The van der Waals surface area contributed by atoms with Gasteiger partial charge >= 0.3 is 5.97 Å². The summed E-state index contributed by atoms with van der Waals surface area (Å²) in [7, 11) is 0. The van der Waals surface area contributed by atoms with Crippen molar-refractivity contribution < 1.29 is 14.3 Å². The van der Waals surface area contributed by atoms with Gasteiger partial charge in [-0.05, 0) is 57.9 Å². The molecule has 1 N–H and O–H groups in total. The fourth-order valence-corrected chi connectivity index (χ4v) is 4.16. The lowest BCUT2D eigenvalue weighted by Crippen LogP contribution is -2.18. The number of esters is 1. The highest BCUT2D eigenvalue weighted by Crippen LogP contribution is 2.39. The summed E-state index contributed by atoms with van der Waals surface area (Å²) in [6, 6.07) is 0. The van der Waals surface area contributed by atoms with Crippen molar-refractivity contribution in [1.29, 1.82) is 0 Å². The quantitative estimate of drug-likeness (QED) is 0.675. The zero-order chi connectivity index (χ0) is 15.7. The minimum atomic E-state index is -0.291. The fraction of sp³-hybridized carbons (Fsp3) is 0.647. The number of fused-ring (bicyclic) bond motifs is 1. The average molecular weight is 321 g/mol. The molecule has 5 heteroatoms. The molecule has 4 nitrogen and oxygen atoms in total. The molecule has 2 aliphatic rings. The minimum Gasteiger partial charge on any atom is -0.459 e. The lowest BCUT2D eigenvalue weighted by molar-refractivity contribution is -0.117. The van der Waals surface area contributed by atoms with Gasteiger partial charge in [0.2, 0.25) is 5.91 Å². The van der Waals surface area contributed by atoms with Gasteiger partial charge in [-0.3, -0.25) is 4.79 Å². The van der Waals surface area contributed by atoms with Gasteiger partial charge in [0, 0.05) is 10.8 Å². The lowest BCUT2D eigenvalue weighted by Gasteiger charge is -2.11. The van der Waals surface area contributed by atoms with Crippen LogP contribution in [-0.4, -0.2) is 18.0 Å². The Morgan fingerprint density at radius 3 is 2.59 bits per heavy atom. The molecule has 1 aromatic heterocycles. The Labute approximate surface area is 135 Å². The van der Waals surface area contributed by atoms with E-state index in [4.69, 9.17) is 4.74 Å². The molecule has 0 bridgehead atoms. The Bertz CT molecular complexity index is 587. The SMILES string of the molecule is CC(C)OC(=O)c1c(NC(=O)C2CC2)sc2c1CCCCC2. The molecule has 1 amide bonds. The summed E-state index contributed by atoms with van der Waals surface area (Å²) in [4.78, 5) is 25.9. The monoisotopic (exact) mass is 321 g/mol. The zero-order valence-corrected chi connectivity index (χ0v) is 14.1. The number of amides is 1. The Morgan fingerprint density at radius 1 is 1.18 bits per heavy atom. The fourth-order valence-electron chi connectivity index (χ4n) is 2.88. The third-order valence-corrected chi connectivity index (χ3v) is 5.36. The number of aryl methyl sites for hydroxylation is 1. The van der Waals surface area contributed by atoms with Gasteiger partial charge in [0.1, 0.15) is 5.00 Å². The lowest BCUT2D eigenvalue weighted by atomic mass is 10.1. The van der Waals surface area contributed by atoms with Crippen molar-refractivity contribution >= 4 is 28.2 Å². The number of thiophene rings is 1. The van der Waals surface area contributed by atoms with Crippen molar-refractivity contribution in [2.45, 2.75) is 64.9 Å². The van der Waals surface area contributed by atoms with E-state index in [0.29, 0.717) is 10.6 Å². The first-order valence-electron chi connectivity index (χ1n) is 8.22. The Morgan fingerprint density at radius 2 is 1.91 bits per heavy atom. The van der Waals surface area contributed by atoms with Gasteiger partial charge in [-0.25, -0.2) is 4.79 Å². The summed E-state index contributed by atoms with van der Waals surface area (Å²) in [6.45, 7) is 3.71. The third-order valence-electron chi connectivity index (χ3n) is 4.15. The van der Waals surface area contributed by atoms with Crippen LogP contribution in [0.2, 0.25) is 0 Å². The number of hydrogen-bond acceptors (Lipinski definition) is 4. The van der Waals surface area contributed by atoms with Crippen molar-refractivity contribution in [3.63, 3.8) is 0 Å². The second-order valence-electron chi connectivity index (χ2n) is 6.49. The van der Waals surface area contributed by atoms with E-state index < -0.39 is 0 Å². The maximum Gasteiger partial charge on any atom is 0.341 e. The van der Waals surface area contributed by atoms with Crippen LogP contribution in [-0.2, 0) is 22.4 Å². The molecule has 0 radical (unpaired) electrons. The molecule has 0 atom stereocenters. The van der Waals surface area contributed by atoms with E-state index in [0.717, 1.165) is 44.1 Å². The van der Waals surface area contributed by atoms with Crippen LogP contribution in [0.15, 0.2) is 0 Å². The van der Waals surface area contributed by atoms with Crippen molar-refractivity contribution in [2.24, 2.45) is 5.92 Å². The van der Waals surface area contributed by atoms with Crippen LogP contribution in [0.3, 0.4) is 0 Å². The molecular formula is C17H23NO3S. The molecule has 22 heavy (non-hydrogen) atoms. The Kier molecular flexibility index (Phi) is 4.52. The maximum atomic E-state index is 12.5. The minimum absolute atomic E-state index is 0.0509. The molecular weight excluding hydrogens is 298 g/mol. The van der Waals surface area contributed by atoms with Crippen LogP contribution >= 0.6 is 11.3 Å². The molecule has 1 fully saturated rings. The molecule has 2 aliphatic carbocycles. The first kappa shape index (κ1) is 15.5. The van der Waals surface area contributed by atoms with E-state index in [2.05, 4.69) is 5.32 Å². The van der Waals surface area contributed by atoms with Crippen LogP contribution in [0.5, 0.6) is 0 Å². The van der Waals surface area contributed by atoms with E-state index in [1.54, 1.807) is 11.3 Å². The van der Waals surface area contributed by atoms with Gasteiger partial charge in [0.15, 0.2) is 0 Å². The number of carbonyl (C=O) groups excluding carboxylic acids is 2. The normalized spacial score (nSPS) is 17.8. The summed E-state index contributed by atoms with van der Waals surface area (Å²) < 4.78 is 5.42. The maximum absolute atomic E-state index is 12.5. The average Bonchev–Trinajstić information content (AvgIpc) is 3.24. The van der Waals surface area contributed by atoms with Crippen molar-refractivity contribution in [3.8, 4) is 0 Å². The number of nitrogens with one attached hydrogen (secondary N) is 1. The van der Waals surface area contributed by atoms with Crippen LogP contribution < -0.4 is 5.32 Å². The number of anilines is 1. The van der Waals surface area contributed by atoms with Crippen LogP contribution in [0.4, 0.5) is 5.00 Å². The molecule has 3 rings (SSSR count). The van der Waals surface area contributed by atoms with Gasteiger partial charge in [-0.15, -0.1) is 11.3 Å². The Balaban J connectivity index is 1.92.